The Morgan fingerprint density at radius 1 is 0.674 bits per heavy atom. The predicted molar refractivity (Wildman–Crippen MR) is 153 cm³/mol. The minimum atomic E-state index is -0.752. The van der Waals surface area contributed by atoms with E-state index >= 15 is 0 Å². The first-order chi connectivity index (χ1) is 20.5. The van der Waals surface area contributed by atoms with Gasteiger partial charge in [0, 0.05) is 60.4 Å². The summed E-state index contributed by atoms with van der Waals surface area (Å²) in [5.74, 6) is -3.40. The highest BCUT2D eigenvalue weighted by molar-refractivity contribution is 6.32. The maximum atomic E-state index is 13.7. The zero-order valence-electron chi connectivity index (χ0n) is 23.2. The maximum Gasteiger partial charge on any atom is 0.349 e. The number of imide groups is 2. The zero-order valence-corrected chi connectivity index (χ0v) is 23.2. The molecule has 3 aliphatic heterocycles. The van der Waals surface area contributed by atoms with Crippen molar-refractivity contribution in [2.75, 3.05) is 36.0 Å². The predicted octanol–water partition coefficient (Wildman–Crippen LogP) is 2.03. The summed E-state index contributed by atoms with van der Waals surface area (Å²) in [5.41, 5.74) is 0.0227. The third-order valence-electron chi connectivity index (χ3n) is 7.59. The molecule has 4 heterocycles. The number of amides is 6. The van der Waals surface area contributed by atoms with Crippen molar-refractivity contribution >= 4 is 57.8 Å². The van der Waals surface area contributed by atoms with Gasteiger partial charge in [-0.25, -0.2) is 14.6 Å². The van der Waals surface area contributed by atoms with Crippen molar-refractivity contribution in [3.05, 3.63) is 93.4 Å². The molecule has 0 aliphatic carbocycles. The lowest BCUT2D eigenvalue weighted by atomic mass is 10.1. The van der Waals surface area contributed by atoms with Crippen molar-refractivity contribution in [3.8, 4) is 0 Å². The molecule has 0 radical (unpaired) electrons. The van der Waals surface area contributed by atoms with Crippen LogP contribution in [-0.4, -0.2) is 71.4 Å². The van der Waals surface area contributed by atoms with E-state index in [1.54, 1.807) is 24.3 Å². The molecule has 0 bridgehead atoms. The molecular weight excluding hydrogens is 556 g/mol. The summed E-state index contributed by atoms with van der Waals surface area (Å²) < 4.78 is 5.29. The van der Waals surface area contributed by atoms with Crippen LogP contribution in [0, 0.1) is 0 Å². The second-order valence-electron chi connectivity index (χ2n) is 10.4. The molecule has 12 heteroatoms. The van der Waals surface area contributed by atoms with Gasteiger partial charge in [-0.3, -0.25) is 28.8 Å². The summed E-state index contributed by atoms with van der Waals surface area (Å²) in [6.45, 7) is 3.46. The number of benzene rings is 2. The highest BCUT2D eigenvalue weighted by Crippen LogP contribution is 2.32. The first kappa shape index (κ1) is 27.5. The SMILES string of the molecule is CC1=CC(=O)N(c2cc(C(=O)N3CCN(C(=O)c4cc5ccccc5oc4=O)CC3)cc(N3C(=O)C=C(C)C3=O)c2)C1=O. The summed E-state index contributed by atoms with van der Waals surface area (Å²) in [7, 11) is 0. The largest absolute Gasteiger partial charge is 0.422 e. The number of rotatable bonds is 4. The summed E-state index contributed by atoms with van der Waals surface area (Å²) in [6.07, 6.45) is 2.33. The number of hydrogen-bond donors (Lipinski definition) is 0. The number of anilines is 2. The minimum absolute atomic E-state index is 0.0333. The van der Waals surface area contributed by atoms with E-state index in [4.69, 9.17) is 4.42 Å². The van der Waals surface area contributed by atoms with Crippen LogP contribution >= 0.6 is 0 Å². The average molecular weight is 581 g/mol. The van der Waals surface area contributed by atoms with Crippen LogP contribution in [0.25, 0.3) is 11.0 Å². The summed E-state index contributed by atoms with van der Waals surface area (Å²) in [5, 5.41) is 0.607. The maximum absolute atomic E-state index is 13.7. The fourth-order valence-electron chi connectivity index (χ4n) is 5.32. The molecule has 43 heavy (non-hydrogen) atoms. The van der Waals surface area contributed by atoms with Crippen molar-refractivity contribution in [3.63, 3.8) is 0 Å². The number of nitrogens with zero attached hydrogens (tertiary/aromatic N) is 4. The third kappa shape index (κ3) is 4.72. The molecule has 0 atom stereocenters. The lowest BCUT2D eigenvalue weighted by Crippen LogP contribution is -2.51. The van der Waals surface area contributed by atoms with Crippen LogP contribution < -0.4 is 15.4 Å². The Kier molecular flexibility index (Phi) is 6.60. The van der Waals surface area contributed by atoms with Crippen molar-refractivity contribution in [2.24, 2.45) is 0 Å². The monoisotopic (exact) mass is 580 g/mol. The number of carbonyl (C=O) groups is 6. The van der Waals surface area contributed by atoms with Crippen molar-refractivity contribution in [1.82, 2.24) is 9.80 Å². The fraction of sp³-hybridized carbons (Fsp3) is 0.194. The van der Waals surface area contributed by atoms with Crippen LogP contribution in [0.4, 0.5) is 11.4 Å². The Labute approximate surface area is 244 Å². The molecule has 0 spiro atoms. The molecule has 6 amide bonds. The Morgan fingerprint density at radius 3 is 1.70 bits per heavy atom. The standard InChI is InChI=1S/C31H24N4O8/c1-17-11-25(36)34(27(17)38)21-13-20(14-22(16-21)35-26(37)12-18(2)28(35)39)29(40)32-7-9-33(10-8-32)30(41)23-15-19-5-3-4-6-24(19)43-31(23)42/h3-6,11-16H,7-10H2,1-2H3. The smallest absolute Gasteiger partial charge is 0.349 e. The summed E-state index contributed by atoms with van der Waals surface area (Å²) in [4.78, 5) is 94.8. The quantitative estimate of drug-likeness (QED) is 0.337. The van der Waals surface area contributed by atoms with Gasteiger partial charge < -0.3 is 14.2 Å². The molecule has 12 nitrogen and oxygen atoms in total. The van der Waals surface area contributed by atoms with E-state index in [0.717, 1.165) is 9.80 Å². The van der Waals surface area contributed by atoms with E-state index in [1.165, 1.54) is 60.1 Å². The van der Waals surface area contributed by atoms with Crippen molar-refractivity contribution in [2.45, 2.75) is 13.8 Å². The second kappa shape index (κ2) is 10.3. The number of piperazine rings is 1. The number of para-hydroxylation sites is 1. The van der Waals surface area contributed by atoms with Crippen LogP contribution in [0.15, 0.2) is 81.0 Å². The van der Waals surface area contributed by atoms with E-state index in [9.17, 15) is 33.6 Å². The third-order valence-corrected chi connectivity index (χ3v) is 7.59. The zero-order chi connectivity index (χ0) is 30.6. The highest BCUT2D eigenvalue weighted by atomic mass is 16.4. The van der Waals surface area contributed by atoms with Gasteiger partial charge in [0.1, 0.15) is 11.1 Å². The molecule has 216 valence electrons. The lowest BCUT2D eigenvalue weighted by Gasteiger charge is -2.35. The van der Waals surface area contributed by atoms with E-state index in [-0.39, 0.29) is 59.8 Å². The molecule has 1 fully saturated rings. The molecule has 1 saturated heterocycles. The molecule has 3 aromatic rings. The molecule has 0 unspecified atom stereocenters. The molecule has 0 saturated carbocycles. The number of hydrogen-bond acceptors (Lipinski definition) is 8. The Hall–Kier alpha value is -5.65. The van der Waals surface area contributed by atoms with E-state index in [0.29, 0.717) is 11.0 Å². The van der Waals surface area contributed by atoms with Gasteiger partial charge in [0.15, 0.2) is 0 Å². The van der Waals surface area contributed by atoms with Crippen molar-refractivity contribution in [1.29, 1.82) is 0 Å². The molecule has 0 N–H and O–H groups in total. The van der Waals surface area contributed by atoms with Gasteiger partial charge >= 0.3 is 5.63 Å². The van der Waals surface area contributed by atoms with Gasteiger partial charge in [-0.15, -0.1) is 0 Å². The Balaban J connectivity index is 1.26. The molecular formula is C31H24N4O8. The molecule has 6 rings (SSSR count). The van der Waals surface area contributed by atoms with Crippen LogP contribution in [0.5, 0.6) is 0 Å². The fourth-order valence-corrected chi connectivity index (χ4v) is 5.32. The van der Waals surface area contributed by atoms with Gasteiger partial charge in [0.25, 0.3) is 35.4 Å². The van der Waals surface area contributed by atoms with Crippen molar-refractivity contribution < 1.29 is 33.2 Å². The van der Waals surface area contributed by atoms with E-state index < -0.39 is 41.1 Å². The van der Waals surface area contributed by atoms with E-state index in [1.807, 2.05) is 0 Å². The molecule has 3 aliphatic rings. The normalized spacial score (nSPS) is 17.3. The van der Waals surface area contributed by atoms with Crippen LogP contribution in [0.1, 0.15) is 34.6 Å². The first-order valence-electron chi connectivity index (χ1n) is 13.4. The second-order valence-corrected chi connectivity index (χ2v) is 10.4. The van der Waals surface area contributed by atoms with Gasteiger partial charge in [0.2, 0.25) is 0 Å². The first-order valence-corrected chi connectivity index (χ1v) is 13.4. The number of carbonyl (C=O) groups excluding carboxylic acids is 6. The van der Waals surface area contributed by atoms with Gasteiger partial charge in [-0.1, -0.05) is 18.2 Å². The number of fused-ring (bicyclic) bond motifs is 1. The highest BCUT2D eigenvalue weighted by Gasteiger charge is 2.35. The summed E-state index contributed by atoms with van der Waals surface area (Å²) in [6, 6.07) is 12.4. The van der Waals surface area contributed by atoms with Crippen LogP contribution in [0.2, 0.25) is 0 Å². The Morgan fingerprint density at radius 2 is 1.19 bits per heavy atom. The lowest BCUT2D eigenvalue weighted by molar-refractivity contribution is -0.121. The minimum Gasteiger partial charge on any atom is -0.422 e. The van der Waals surface area contributed by atoms with Gasteiger partial charge in [-0.2, -0.15) is 0 Å². The molecule has 2 aromatic carbocycles. The van der Waals surface area contributed by atoms with Crippen LogP contribution in [-0.2, 0) is 19.2 Å². The van der Waals surface area contributed by atoms with Gasteiger partial charge in [-0.05, 0) is 44.2 Å². The van der Waals surface area contributed by atoms with Gasteiger partial charge in [0.05, 0.1) is 11.4 Å². The Bertz CT molecular complexity index is 1850. The molecule has 1 aromatic heterocycles. The van der Waals surface area contributed by atoms with Crippen LogP contribution in [0.3, 0.4) is 0 Å². The topological polar surface area (TPSA) is 146 Å². The summed E-state index contributed by atoms with van der Waals surface area (Å²) >= 11 is 0. The van der Waals surface area contributed by atoms with E-state index in [2.05, 4.69) is 0 Å². The average Bonchev–Trinajstić information content (AvgIpc) is 3.41.